The predicted molar refractivity (Wildman–Crippen MR) is 67.3 cm³/mol. The van der Waals surface area contributed by atoms with Crippen molar-refractivity contribution in [3.63, 3.8) is 0 Å². The second kappa shape index (κ2) is 5.10. The molecule has 2 aromatic rings. The number of rotatable bonds is 4. The molecule has 0 amide bonds. The van der Waals surface area contributed by atoms with Crippen LogP contribution in [0.15, 0.2) is 24.4 Å². The van der Waals surface area contributed by atoms with Crippen molar-refractivity contribution in [1.82, 2.24) is 10.2 Å². The number of hydrogen-bond acceptors (Lipinski definition) is 4. The van der Waals surface area contributed by atoms with Crippen molar-refractivity contribution in [3.05, 3.63) is 30.1 Å². The Labute approximate surface area is 109 Å². The summed E-state index contributed by atoms with van der Waals surface area (Å²) in [7, 11) is 3.08. The van der Waals surface area contributed by atoms with Gasteiger partial charge in [-0.05, 0) is 23.7 Å². The standard InChI is InChI=1S/C12H11ClN2O3/c1-17-8-4-3-5-9(18-2)10(8)7-6-14-15-11(7)12(13)16/h3-6H,1-2H3,(H,14,15). The van der Waals surface area contributed by atoms with Gasteiger partial charge in [0.25, 0.3) is 5.24 Å². The molecular weight excluding hydrogens is 256 g/mol. The topological polar surface area (TPSA) is 64.2 Å². The number of aromatic nitrogens is 2. The lowest BCUT2D eigenvalue weighted by molar-refractivity contribution is 0.107. The number of carbonyl (C=O) groups excluding carboxylic acids is 1. The monoisotopic (exact) mass is 266 g/mol. The van der Waals surface area contributed by atoms with Crippen molar-refractivity contribution in [3.8, 4) is 22.6 Å². The van der Waals surface area contributed by atoms with Crippen LogP contribution in [-0.4, -0.2) is 29.7 Å². The molecule has 0 unspecified atom stereocenters. The van der Waals surface area contributed by atoms with Crippen molar-refractivity contribution in [2.45, 2.75) is 0 Å². The minimum absolute atomic E-state index is 0.208. The van der Waals surface area contributed by atoms with Gasteiger partial charge in [0.2, 0.25) is 0 Å². The lowest BCUT2D eigenvalue weighted by Gasteiger charge is -2.12. The second-order valence-electron chi connectivity index (χ2n) is 3.47. The quantitative estimate of drug-likeness (QED) is 0.864. The molecule has 1 aromatic heterocycles. The molecule has 0 spiro atoms. The summed E-state index contributed by atoms with van der Waals surface area (Å²) < 4.78 is 10.5. The highest BCUT2D eigenvalue weighted by Gasteiger charge is 2.20. The first-order valence-corrected chi connectivity index (χ1v) is 5.51. The van der Waals surface area contributed by atoms with Gasteiger partial charge < -0.3 is 9.47 Å². The van der Waals surface area contributed by atoms with E-state index in [9.17, 15) is 4.79 Å². The number of benzene rings is 1. The molecule has 94 valence electrons. The van der Waals surface area contributed by atoms with Crippen LogP contribution in [0, 0.1) is 0 Å². The molecule has 2 rings (SSSR count). The van der Waals surface area contributed by atoms with E-state index in [1.165, 1.54) is 6.20 Å². The van der Waals surface area contributed by atoms with E-state index in [2.05, 4.69) is 10.2 Å². The van der Waals surface area contributed by atoms with Crippen molar-refractivity contribution in [1.29, 1.82) is 0 Å². The average molecular weight is 267 g/mol. The van der Waals surface area contributed by atoms with Crippen LogP contribution in [-0.2, 0) is 0 Å². The smallest absolute Gasteiger partial charge is 0.270 e. The summed E-state index contributed by atoms with van der Waals surface area (Å²) in [6.07, 6.45) is 1.51. The molecule has 6 heteroatoms. The van der Waals surface area contributed by atoms with Gasteiger partial charge in [0.05, 0.1) is 26.0 Å². The fraction of sp³-hybridized carbons (Fsp3) is 0.167. The van der Waals surface area contributed by atoms with Gasteiger partial charge in [-0.15, -0.1) is 0 Å². The number of carbonyl (C=O) groups is 1. The molecule has 1 aromatic carbocycles. The van der Waals surface area contributed by atoms with Crippen LogP contribution in [0.2, 0.25) is 0 Å². The largest absolute Gasteiger partial charge is 0.496 e. The number of H-pyrrole nitrogens is 1. The molecule has 1 N–H and O–H groups in total. The van der Waals surface area contributed by atoms with Gasteiger partial charge in [-0.2, -0.15) is 5.10 Å². The summed E-state index contributed by atoms with van der Waals surface area (Å²) >= 11 is 5.50. The lowest BCUT2D eigenvalue weighted by Crippen LogP contribution is -1.97. The van der Waals surface area contributed by atoms with Gasteiger partial charge in [-0.3, -0.25) is 9.89 Å². The van der Waals surface area contributed by atoms with Gasteiger partial charge in [-0.1, -0.05) is 6.07 Å². The summed E-state index contributed by atoms with van der Waals surface area (Å²) in [6.45, 7) is 0. The van der Waals surface area contributed by atoms with Gasteiger partial charge in [0, 0.05) is 5.56 Å². The fourth-order valence-corrected chi connectivity index (χ4v) is 1.89. The lowest BCUT2D eigenvalue weighted by atomic mass is 10.0. The zero-order chi connectivity index (χ0) is 13.1. The molecule has 0 aliphatic heterocycles. The number of methoxy groups -OCH3 is 2. The van der Waals surface area contributed by atoms with Crippen molar-refractivity contribution in [2.24, 2.45) is 0 Å². The highest BCUT2D eigenvalue weighted by atomic mass is 35.5. The van der Waals surface area contributed by atoms with Crippen LogP contribution in [0.25, 0.3) is 11.1 Å². The molecule has 0 aliphatic carbocycles. The number of halogens is 1. The van der Waals surface area contributed by atoms with Gasteiger partial charge in [0.15, 0.2) is 0 Å². The highest BCUT2D eigenvalue weighted by molar-refractivity contribution is 6.68. The van der Waals surface area contributed by atoms with Crippen LogP contribution in [0.1, 0.15) is 10.5 Å². The van der Waals surface area contributed by atoms with Crippen LogP contribution in [0.5, 0.6) is 11.5 Å². The number of nitrogens with zero attached hydrogens (tertiary/aromatic N) is 1. The summed E-state index contributed by atoms with van der Waals surface area (Å²) in [5, 5.41) is 5.78. The van der Waals surface area contributed by atoms with Gasteiger partial charge in [0.1, 0.15) is 17.2 Å². The highest BCUT2D eigenvalue weighted by Crippen LogP contribution is 2.39. The molecule has 0 aliphatic rings. The van der Waals surface area contributed by atoms with E-state index in [4.69, 9.17) is 21.1 Å². The minimum Gasteiger partial charge on any atom is -0.496 e. The van der Waals surface area contributed by atoms with Crippen LogP contribution >= 0.6 is 11.6 Å². The third-order valence-electron chi connectivity index (χ3n) is 2.53. The zero-order valence-corrected chi connectivity index (χ0v) is 10.6. The maximum Gasteiger partial charge on any atom is 0.270 e. The SMILES string of the molecule is COc1cccc(OC)c1-c1cn[nH]c1C(=O)Cl. The Kier molecular flexibility index (Phi) is 3.53. The first-order valence-electron chi connectivity index (χ1n) is 5.13. The van der Waals surface area contributed by atoms with E-state index in [1.807, 2.05) is 0 Å². The number of ether oxygens (including phenoxy) is 2. The summed E-state index contributed by atoms with van der Waals surface area (Å²) in [5.41, 5.74) is 1.39. The second-order valence-corrected chi connectivity index (χ2v) is 3.81. The molecule has 0 radical (unpaired) electrons. The normalized spacial score (nSPS) is 10.2. The van der Waals surface area contributed by atoms with Crippen LogP contribution in [0.4, 0.5) is 0 Å². The number of aromatic amines is 1. The average Bonchev–Trinajstić information content (AvgIpc) is 2.86. The van der Waals surface area contributed by atoms with Crippen molar-refractivity contribution in [2.75, 3.05) is 14.2 Å². The summed E-state index contributed by atoms with van der Waals surface area (Å²) in [4.78, 5) is 11.3. The molecule has 18 heavy (non-hydrogen) atoms. The molecule has 0 saturated heterocycles. The van der Waals surface area contributed by atoms with E-state index in [1.54, 1.807) is 32.4 Å². The van der Waals surface area contributed by atoms with Crippen LogP contribution < -0.4 is 9.47 Å². The molecule has 1 heterocycles. The Morgan fingerprint density at radius 2 is 1.89 bits per heavy atom. The Balaban J connectivity index is 2.69. The Morgan fingerprint density at radius 3 is 2.39 bits per heavy atom. The predicted octanol–water partition coefficient (Wildman–Crippen LogP) is 2.47. The molecule has 0 atom stereocenters. The molecule has 0 bridgehead atoms. The fourth-order valence-electron chi connectivity index (χ4n) is 1.74. The first kappa shape index (κ1) is 12.4. The number of hydrogen-bond donors (Lipinski definition) is 1. The van der Waals surface area contributed by atoms with Crippen LogP contribution in [0.3, 0.4) is 0 Å². The molecule has 0 saturated carbocycles. The third kappa shape index (κ3) is 2.04. The van der Waals surface area contributed by atoms with Crippen molar-refractivity contribution < 1.29 is 14.3 Å². The first-order chi connectivity index (χ1) is 8.69. The molecule has 0 fully saturated rings. The zero-order valence-electron chi connectivity index (χ0n) is 9.86. The minimum atomic E-state index is -0.615. The summed E-state index contributed by atoms with van der Waals surface area (Å²) in [6, 6.07) is 5.34. The van der Waals surface area contributed by atoms with Gasteiger partial charge >= 0.3 is 0 Å². The maximum atomic E-state index is 11.3. The van der Waals surface area contributed by atoms with E-state index < -0.39 is 5.24 Å². The summed E-state index contributed by atoms with van der Waals surface area (Å²) in [5.74, 6) is 1.16. The Morgan fingerprint density at radius 1 is 1.28 bits per heavy atom. The third-order valence-corrected chi connectivity index (χ3v) is 2.72. The number of nitrogens with one attached hydrogen (secondary N) is 1. The molecular formula is C12H11ClN2O3. The van der Waals surface area contributed by atoms with Gasteiger partial charge in [-0.25, -0.2) is 0 Å². The van der Waals surface area contributed by atoms with E-state index in [0.717, 1.165) is 0 Å². The van der Waals surface area contributed by atoms with Crippen molar-refractivity contribution >= 4 is 16.8 Å². The molecule has 5 nitrogen and oxygen atoms in total. The Hall–Kier alpha value is -2.01. The van der Waals surface area contributed by atoms with E-state index >= 15 is 0 Å². The van der Waals surface area contributed by atoms with E-state index in [0.29, 0.717) is 22.6 Å². The Bertz CT molecular complexity index is 558. The van der Waals surface area contributed by atoms with E-state index in [-0.39, 0.29) is 5.69 Å². The maximum absolute atomic E-state index is 11.3.